The van der Waals surface area contributed by atoms with E-state index >= 15 is 0 Å². The summed E-state index contributed by atoms with van der Waals surface area (Å²) in [6.45, 7) is 1.32. The minimum Gasteiger partial charge on any atom is -0.357 e. The monoisotopic (exact) mass is 290 g/mol. The maximum atomic E-state index is 12.6. The molecule has 1 aromatic carbocycles. The zero-order valence-corrected chi connectivity index (χ0v) is 11.8. The molecule has 1 aromatic rings. The van der Waals surface area contributed by atoms with Crippen LogP contribution in [0.5, 0.6) is 0 Å². The molecule has 7 heteroatoms. The van der Waals surface area contributed by atoms with Crippen LogP contribution in [-0.2, 0) is 9.59 Å². The Bertz CT molecular complexity index is 520. The van der Waals surface area contributed by atoms with Gasteiger partial charge in [-0.05, 0) is 12.1 Å². The van der Waals surface area contributed by atoms with Crippen LogP contribution in [0.25, 0.3) is 0 Å². The van der Waals surface area contributed by atoms with Crippen LogP contribution in [0.15, 0.2) is 30.3 Å². The van der Waals surface area contributed by atoms with Crippen LogP contribution in [-0.4, -0.2) is 56.0 Å². The van der Waals surface area contributed by atoms with E-state index < -0.39 is 12.1 Å². The topological polar surface area (TPSA) is 81.8 Å². The van der Waals surface area contributed by atoms with E-state index in [-0.39, 0.29) is 5.91 Å². The van der Waals surface area contributed by atoms with Crippen LogP contribution in [0.2, 0.25) is 0 Å². The normalized spacial score (nSPS) is 18.0. The van der Waals surface area contributed by atoms with Crippen molar-refractivity contribution in [1.82, 2.24) is 15.5 Å². The van der Waals surface area contributed by atoms with E-state index in [4.69, 9.17) is 0 Å². The predicted molar refractivity (Wildman–Crippen MR) is 77.8 cm³/mol. The Morgan fingerprint density at radius 3 is 2.71 bits per heavy atom. The minimum absolute atomic E-state index is 0.255. The molecule has 7 nitrogen and oxygen atoms in total. The summed E-state index contributed by atoms with van der Waals surface area (Å²) in [5.41, 5.74) is 0.478. The number of anilines is 1. The second-order valence-corrected chi connectivity index (χ2v) is 4.62. The molecule has 1 aliphatic rings. The minimum atomic E-state index is -0.623. The molecule has 2 N–H and O–H groups in total. The Morgan fingerprint density at radius 2 is 2.10 bits per heavy atom. The van der Waals surface area contributed by atoms with Crippen molar-refractivity contribution in [2.45, 2.75) is 6.04 Å². The second-order valence-electron chi connectivity index (χ2n) is 4.62. The highest BCUT2D eigenvalue weighted by atomic mass is 16.2. The number of carbonyl (C=O) groups is 3. The van der Waals surface area contributed by atoms with E-state index in [1.165, 1.54) is 11.9 Å². The molecule has 1 aliphatic heterocycles. The first-order valence-electron chi connectivity index (χ1n) is 6.71. The number of nitrogens with zero attached hydrogens (tertiary/aromatic N) is 2. The van der Waals surface area contributed by atoms with Gasteiger partial charge in [0.1, 0.15) is 6.04 Å². The fourth-order valence-electron chi connectivity index (χ4n) is 2.28. The summed E-state index contributed by atoms with van der Waals surface area (Å²) in [7, 11) is 1.52. The summed E-state index contributed by atoms with van der Waals surface area (Å²) in [6, 6.07) is 7.51. The Balaban J connectivity index is 2.23. The number of carbonyl (C=O) groups excluding carboxylic acids is 3. The van der Waals surface area contributed by atoms with E-state index in [1.54, 1.807) is 30.3 Å². The number of nitrogens with one attached hydrogen (secondary N) is 2. The third-order valence-corrected chi connectivity index (χ3v) is 3.38. The highest BCUT2D eigenvalue weighted by Crippen LogP contribution is 2.16. The molecule has 1 heterocycles. The van der Waals surface area contributed by atoms with Crippen LogP contribution in [0, 0.1) is 0 Å². The summed E-state index contributed by atoms with van der Waals surface area (Å²) in [5, 5.41) is 5.61. The van der Waals surface area contributed by atoms with Gasteiger partial charge in [-0.25, -0.2) is 9.69 Å². The first-order valence-corrected chi connectivity index (χ1v) is 6.71. The van der Waals surface area contributed by atoms with E-state index in [9.17, 15) is 14.4 Å². The summed E-state index contributed by atoms with van der Waals surface area (Å²) >= 11 is 0. The van der Waals surface area contributed by atoms with Crippen molar-refractivity contribution in [3.63, 3.8) is 0 Å². The number of para-hydroxylation sites is 1. The van der Waals surface area contributed by atoms with Crippen LogP contribution in [0.1, 0.15) is 0 Å². The number of amides is 4. The van der Waals surface area contributed by atoms with Gasteiger partial charge in [0.05, 0.1) is 5.69 Å². The zero-order chi connectivity index (χ0) is 15.2. The maximum absolute atomic E-state index is 12.6. The molecule has 0 aromatic heterocycles. The lowest BCUT2D eigenvalue weighted by Crippen LogP contribution is -2.61. The molecule has 112 valence electrons. The van der Waals surface area contributed by atoms with E-state index in [1.807, 2.05) is 0 Å². The Morgan fingerprint density at radius 1 is 1.38 bits per heavy atom. The molecule has 1 atom stereocenters. The average Bonchev–Trinajstić information content (AvgIpc) is 2.55. The number of likely N-dealkylation sites (N-methyl/N-ethyl adjacent to an activating group) is 1. The van der Waals surface area contributed by atoms with Gasteiger partial charge in [-0.15, -0.1) is 0 Å². The van der Waals surface area contributed by atoms with Gasteiger partial charge in [0.25, 0.3) is 0 Å². The van der Waals surface area contributed by atoms with Gasteiger partial charge in [-0.2, -0.15) is 0 Å². The molecule has 1 fully saturated rings. The highest BCUT2D eigenvalue weighted by molar-refractivity contribution is 6.07. The van der Waals surface area contributed by atoms with Gasteiger partial charge in [-0.3, -0.25) is 9.59 Å². The summed E-state index contributed by atoms with van der Waals surface area (Å²) in [4.78, 5) is 38.2. The average molecular weight is 290 g/mol. The third kappa shape index (κ3) is 3.19. The molecule has 1 saturated heterocycles. The number of benzene rings is 1. The van der Waals surface area contributed by atoms with E-state index in [2.05, 4.69) is 10.6 Å². The number of hydrogen-bond acceptors (Lipinski definition) is 4. The van der Waals surface area contributed by atoms with Crippen molar-refractivity contribution in [3.05, 3.63) is 30.3 Å². The lowest BCUT2D eigenvalue weighted by molar-refractivity contribution is -0.125. The summed E-state index contributed by atoms with van der Waals surface area (Å²) in [6.07, 6.45) is 0.473. The van der Waals surface area contributed by atoms with Gasteiger partial charge in [0, 0.05) is 26.7 Å². The van der Waals surface area contributed by atoms with Crippen LogP contribution >= 0.6 is 0 Å². The molecule has 1 unspecified atom stereocenters. The first kappa shape index (κ1) is 15.0. The van der Waals surface area contributed by atoms with Crippen LogP contribution in [0.4, 0.5) is 10.5 Å². The maximum Gasteiger partial charge on any atom is 0.331 e. The van der Waals surface area contributed by atoms with Crippen molar-refractivity contribution < 1.29 is 14.4 Å². The summed E-state index contributed by atoms with van der Waals surface area (Å²) in [5.74, 6) is -0.255. The lowest BCUT2D eigenvalue weighted by Gasteiger charge is -2.36. The first-order chi connectivity index (χ1) is 10.2. The van der Waals surface area contributed by atoms with Crippen molar-refractivity contribution in [2.75, 3.05) is 31.6 Å². The number of piperazine rings is 1. The fraction of sp³-hybridized carbons (Fsp3) is 0.357. The highest BCUT2D eigenvalue weighted by Gasteiger charge is 2.34. The van der Waals surface area contributed by atoms with E-state index in [0.717, 1.165) is 4.90 Å². The fourth-order valence-corrected chi connectivity index (χ4v) is 2.28. The van der Waals surface area contributed by atoms with E-state index in [0.29, 0.717) is 31.7 Å². The number of urea groups is 1. The van der Waals surface area contributed by atoms with Gasteiger partial charge >= 0.3 is 6.03 Å². The Labute approximate surface area is 122 Å². The predicted octanol–water partition coefficient (Wildman–Crippen LogP) is -0.211. The molecule has 4 amide bonds. The Hall–Kier alpha value is -2.41. The molecule has 0 aliphatic carbocycles. The molecule has 0 spiro atoms. The van der Waals surface area contributed by atoms with Crippen molar-refractivity contribution in [3.8, 4) is 0 Å². The van der Waals surface area contributed by atoms with Gasteiger partial charge < -0.3 is 15.5 Å². The standard InChI is InChI=1S/C14H18N4O3/c1-15-13(20)12-9-16-7-8-17(12)14(21)18(10-19)11-5-3-2-4-6-11/h2-6,10,12,16H,7-9H2,1H3,(H,15,20). The van der Waals surface area contributed by atoms with Gasteiger partial charge in [0.15, 0.2) is 0 Å². The van der Waals surface area contributed by atoms with Gasteiger partial charge in [0.2, 0.25) is 12.3 Å². The largest absolute Gasteiger partial charge is 0.357 e. The molecular weight excluding hydrogens is 272 g/mol. The van der Waals surface area contributed by atoms with Gasteiger partial charge in [-0.1, -0.05) is 18.2 Å². The van der Waals surface area contributed by atoms with Crippen molar-refractivity contribution in [1.29, 1.82) is 0 Å². The van der Waals surface area contributed by atoms with Crippen LogP contribution < -0.4 is 15.5 Å². The number of hydrogen-bond donors (Lipinski definition) is 2. The quantitative estimate of drug-likeness (QED) is 0.755. The molecule has 21 heavy (non-hydrogen) atoms. The Kier molecular flexibility index (Phi) is 4.89. The van der Waals surface area contributed by atoms with Crippen LogP contribution in [0.3, 0.4) is 0 Å². The molecular formula is C14H18N4O3. The SMILES string of the molecule is CNC(=O)C1CNCCN1C(=O)N(C=O)c1ccccc1. The van der Waals surface area contributed by atoms with Crippen molar-refractivity contribution >= 4 is 24.0 Å². The molecule has 0 saturated carbocycles. The van der Waals surface area contributed by atoms with Crippen molar-refractivity contribution in [2.24, 2.45) is 0 Å². The molecule has 0 radical (unpaired) electrons. The number of rotatable bonds is 3. The zero-order valence-electron chi connectivity index (χ0n) is 11.8. The third-order valence-electron chi connectivity index (χ3n) is 3.38. The summed E-state index contributed by atoms with van der Waals surface area (Å²) < 4.78 is 0. The second kappa shape index (κ2) is 6.85. The molecule has 2 rings (SSSR count). The number of imide groups is 1. The lowest BCUT2D eigenvalue weighted by atomic mass is 10.2. The smallest absolute Gasteiger partial charge is 0.331 e. The molecule has 0 bridgehead atoms.